The molecule has 160 valence electrons. The van der Waals surface area contributed by atoms with Crippen LogP contribution in [0, 0.1) is 0 Å². The van der Waals surface area contributed by atoms with Crippen molar-refractivity contribution in [2.75, 3.05) is 33.3 Å². The van der Waals surface area contributed by atoms with E-state index in [1.54, 1.807) is 47.4 Å². The predicted molar refractivity (Wildman–Crippen MR) is 112 cm³/mol. The summed E-state index contributed by atoms with van der Waals surface area (Å²) in [6.07, 6.45) is 8.96. The largest absolute Gasteiger partial charge is 0.497 e. The highest BCUT2D eigenvalue weighted by Crippen LogP contribution is 2.26. The van der Waals surface area contributed by atoms with E-state index in [1.165, 1.54) is 25.7 Å². The summed E-state index contributed by atoms with van der Waals surface area (Å²) in [5.41, 5.74) is 1.02. The van der Waals surface area contributed by atoms with Crippen LogP contribution in [0.1, 0.15) is 65.4 Å². The Bertz CT molecular complexity index is 863. The van der Waals surface area contributed by atoms with Crippen molar-refractivity contribution in [1.82, 2.24) is 24.8 Å². The van der Waals surface area contributed by atoms with Crippen LogP contribution in [-0.2, 0) is 0 Å². The van der Waals surface area contributed by atoms with Crippen LogP contribution in [0.15, 0.2) is 30.5 Å². The average Bonchev–Trinajstić information content (AvgIpc) is 3.13. The summed E-state index contributed by atoms with van der Waals surface area (Å²) in [5.74, 6) is 0.592. The van der Waals surface area contributed by atoms with Crippen molar-refractivity contribution in [1.29, 1.82) is 0 Å². The van der Waals surface area contributed by atoms with Gasteiger partial charge in [-0.25, -0.2) is 4.68 Å². The summed E-state index contributed by atoms with van der Waals surface area (Å²) in [5, 5.41) is 8.38. The molecule has 2 aliphatic rings. The van der Waals surface area contributed by atoms with Gasteiger partial charge in [0.15, 0.2) is 5.69 Å². The highest BCUT2D eigenvalue weighted by molar-refractivity contribution is 5.95. The molecule has 30 heavy (non-hydrogen) atoms. The lowest BCUT2D eigenvalue weighted by Crippen LogP contribution is -2.50. The van der Waals surface area contributed by atoms with Gasteiger partial charge in [0.1, 0.15) is 5.75 Å². The lowest BCUT2D eigenvalue weighted by atomic mass is 10.1. The van der Waals surface area contributed by atoms with Gasteiger partial charge in [0.05, 0.1) is 19.3 Å². The Balaban J connectivity index is 1.33. The van der Waals surface area contributed by atoms with Crippen LogP contribution in [0.5, 0.6) is 5.75 Å². The van der Waals surface area contributed by atoms with Gasteiger partial charge < -0.3 is 14.5 Å². The van der Waals surface area contributed by atoms with Crippen molar-refractivity contribution >= 4 is 11.8 Å². The van der Waals surface area contributed by atoms with Crippen molar-refractivity contribution in [3.63, 3.8) is 0 Å². The Morgan fingerprint density at radius 3 is 2.10 bits per heavy atom. The summed E-state index contributed by atoms with van der Waals surface area (Å²) >= 11 is 0. The Labute approximate surface area is 176 Å². The Morgan fingerprint density at radius 2 is 1.50 bits per heavy atom. The van der Waals surface area contributed by atoms with Gasteiger partial charge in [-0.15, -0.1) is 5.10 Å². The molecule has 0 bridgehead atoms. The molecule has 1 aliphatic heterocycles. The van der Waals surface area contributed by atoms with Crippen LogP contribution in [-0.4, -0.2) is 69.9 Å². The van der Waals surface area contributed by atoms with Crippen LogP contribution >= 0.6 is 0 Å². The fraction of sp³-hybridized carbons (Fsp3) is 0.545. The van der Waals surface area contributed by atoms with Gasteiger partial charge in [0.25, 0.3) is 11.8 Å². The molecule has 1 aliphatic carbocycles. The van der Waals surface area contributed by atoms with Crippen LogP contribution in [0.4, 0.5) is 0 Å². The van der Waals surface area contributed by atoms with E-state index in [0.29, 0.717) is 43.5 Å². The topological polar surface area (TPSA) is 80.6 Å². The second-order valence-electron chi connectivity index (χ2n) is 8.04. The second kappa shape index (κ2) is 9.28. The summed E-state index contributed by atoms with van der Waals surface area (Å²) in [6, 6.07) is 7.45. The SMILES string of the molecule is COc1ccc(C(=O)N2CCN(C(=O)c3cn(C4CCCCCC4)nn3)CC2)cc1. The van der Waals surface area contributed by atoms with Crippen molar-refractivity contribution in [2.45, 2.75) is 44.6 Å². The third-order valence-corrected chi connectivity index (χ3v) is 6.12. The molecule has 1 saturated heterocycles. The molecular weight excluding hydrogens is 382 g/mol. The lowest BCUT2D eigenvalue weighted by Gasteiger charge is -2.34. The molecule has 8 nitrogen and oxygen atoms in total. The third-order valence-electron chi connectivity index (χ3n) is 6.12. The number of benzene rings is 1. The van der Waals surface area contributed by atoms with Gasteiger partial charge in [-0.3, -0.25) is 9.59 Å². The molecule has 8 heteroatoms. The molecular formula is C22H29N5O3. The Hall–Kier alpha value is -2.90. The molecule has 0 radical (unpaired) electrons. The van der Waals surface area contributed by atoms with E-state index < -0.39 is 0 Å². The minimum Gasteiger partial charge on any atom is -0.497 e. The lowest BCUT2D eigenvalue weighted by molar-refractivity contribution is 0.0532. The van der Waals surface area contributed by atoms with Crippen molar-refractivity contribution in [3.05, 3.63) is 41.7 Å². The van der Waals surface area contributed by atoms with Crippen molar-refractivity contribution < 1.29 is 14.3 Å². The van der Waals surface area contributed by atoms with Gasteiger partial charge in [-0.2, -0.15) is 0 Å². The minimum atomic E-state index is -0.105. The summed E-state index contributed by atoms with van der Waals surface area (Å²) < 4.78 is 7.02. The number of carbonyl (C=O) groups is 2. The van der Waals surface area contributed by atoms with E-state index >= 15 is 0 Å². The minimum absolute atomic E-state index is 0.0240. The van der Waals surface area contributed by atoms with Crippen LogP contribution in [0.25, 0.3) is 0 Å². The van der Waals surface area contributed by atoms with Crippen molar-refractivity contribution in [2.24, 2.45) is 0 Å². The first-order valence-electron chi connectivity index (χ1n) is 10.8. The first-order chi connectivity index (χ1) is 14.7. The number of hydrogen-bond donors (Lipinski definition) is 0. The molecule has 1 aromatic carbocycles. The van der Waals surface area contributed by atoms with Crippen molar-refractivity contribution in [3.8, 4) is 5.75 Å². The molecule has 2 fully saturated rings. The first-order valence-corrected chi connectivity index (χ1v) is 10.8. The number of aromatic nitrogens is 3. The number of ether oxygens (including phenoxy) is 1. The van der Waals surface area contributed by atoms with E-state index in [-0.39, 0.29) is 11.8 Å². The zero-order valence-corrected chi connectivity index (χ0v) is 17.5. The number of amides is 2. The normalized spacial score (nSPS) is 18.2. The Kier molecular flexibility index (Phi) is 6.30. The molecule has 0 atom stereocenters. The van der Waals surface area contributed by atoms with Crippen LogP contribution < -0.4 is 4.74 Å². The fourth-order valence-electron chi connectivity index (χ4n) is 4.27. The standard InChI is InChI=1S/C22H29N5O3/c1-30-19-10-8-17(9-11-19)21(28)25-12-14-26(15-13-25)22(29)20-16-27(24-23-20)18-6-4-2-3-5-7-18/h8-11,16,18H,2-7,12-15H2,1H3. The molecule has 1 saturated carbocycles. The van der Waals surface area contributed by atoms with Crippen LogP contribution in [0.3, 0.4) is 0 Å². The molecule has 0 unspecified atom stereocenters. The van der Waals surface area contributed by atoms with E-state index in [2.05, 4.69) is 10.3 Å². The highest BCUT2D eigenvalue weighted by Gasteiger charge is 2.27. The smallest absolute Gasteiger partial charge is 0.276 e. The maximum Gasteiger partial charge on any atom is 0.276 e. The number of carbonyl (C=O) groups excluding carboxylic acids is 2. The average molecular weight is 412 g/mol. The maximum atomic E-state index is 12.9. The quantitative estimate of drug-likeness (QED) is 0.723. The Morgan fingerprint density at radius 1 is 0.900 bits per heavy atom. The monoisotopic (exact) mass is 411 g/mol. The van der Waals surface area contributed by atoms with E-state index in [9.17, 15) is 9.59 Å². The zero-order chi connectivity index (χ0) is 20.9. The molecule has 1 aromatic heterocycles. The highest BCUT2D eigenvalue weighted by atomic mass is 16.5. The number of hydrogen-bond acceptors (Lipinski definition) is 5. The first kappa shape index (κ1) is 20.4. The molecule has 2 heterocycles. The number of methoxy groups -OCH3 is 1. The van der Waals surface area contributed by atoms with Gasteiger partial charge in [-0.05, 0) is 37.1 Å². The number of rotatable bonds is 4. The van der Waals surface area contributed by atoms with E-state index in [0.717, 1.165) is 18.6 Å². The fourth-order valence-corrected chi connectivity index (χ4v) is 4.27. The van der Waals surface area contributed by atoms with Crippen LogP contribution in [0.2, 0.25) is 0 Å². The molecule has 4 rings (SSSR count). The number of piperazine rings is 1. The summed E-state index contributed by atoms with van der Waals surface area (Å²) in [4.78, 5) is 29.1. The molecule has 2 amide bonds. The summed E-state index contributed by atoms with van der Waals surface area (Å²) in [6.45, 7) is 2.01. The van der Waals surface area contributed by atoms with Gasteiger partial charge in [-0.1, -0.05) is 30.9 Å². The molecule has 2 aromatic rings. The van der Waals surface area contributed by atoms with E-state index in [4.69, 9.17) is 4.74 Å². The second-order valence-corrected chi connectivity index (χ2v) is 8.04. The third kappa shape index (κ3) is 4.47. The molecule has 0 N–H and O–H groups in total. The maximum absolute atomic E-state index is 12.9. The molecule has 0 spiro atoms. The van der Waals surface area contributed by atoms with Gasteiger partial charge in [0, 0.05) is 31.7 Å². The van der Waals surface area contributed by atoms with Gasteiger partial charge >= 0.3 is 0 Å². The zero-order valence-electron chi connectivity index (χ0n) is 17.5. The van der Waals surface area contributed by atoms with E-state index in [1.807, 2.05) is 4.68 Å². The summed E-state index contributed by atoms with van der Waals surface area (Å²) in [7, 11) is 1.60. The van der Waals surface area contributed by atoms with Gasteiger partial charge in [0.2, 0.25) is 0 Å². The number of nitrogens with zero attached hydrogens (tertiary/aromatic N) is 5. The predicted octanol–water partition coefficient (Wildman–Crippen LogP) is 2.78.